The van der Waals surface area contributed by atoms with Crippen molar-refractivity contribution in [2.45, 2.75) is 25.4 Å². The van der Waals surface area contributed by atoms with E-state index in [9.17, 15) is 14.9 Å². The van der Waals surface area contributed by atoms with Crippen molar-refractivity contribution in [3.05, 3.63) is 34.4 Å². The van der Waals surface area contributed by atoms with Gasteiger partial charge in [0.15, 0.2) is 0 Å². The summed E-state index contributed by atoms with van der Waals surface area (Å²) < 4.78 is 5.19. The van der Waals surface area contributed by atoms with Crippen LogP contribution in [0.2, 0.25) is 0 Å². The average Bonchev–Trinajstić information content (AvgIpc) is 2.48. The largest absolute Gasteiger partial charge is 0.461 e. The number of hydrogen-bond donors (Lipinski definition) is 0. The molecule has 7 heteroatoms. The van der Waals surface area contributed by atoms with Gasteiger partial charge in [0.2, 0.25) is 0 Å². The highest BCUT2D eigenvalue weighted by molar-refractivity contribution is 5.72. The van der Waals surface area contributed by atoms with Crippen molar-refractivity contribution in [3.8, 4) is 6.07 Å². The SMILES string of the molecule is N#CCC(=O)OC1CCN(c2ccc([N+](=O)[O-])cc2)CC1. The van der Waals surface area contributed by atoms with E-state index in [2.05, 4.69) is 4.90 Å². The lowest BCUT2D eigenvalue weighted by Crippen LogP contribution is -2.37. The van der Waals surface area contributed by atoms with Gasteiger partial charge in [0.1, 0.15) is 12.5 Å². The summed E-state index contributed by atoms with van der Waals surface area (Å²) in [5, 5.41) is 19.0. The normalized spacial score (nSPS) is 15.3. The van der Waals surface area contributed by atoms with E-state index in [1.165, 1.54) is 12.1 Å². The molecule has 0 aromatic heterocycles. The van der Waals surface area contributed by atoms with Gasteiger partial charge in [0.05, 0.1) is 11.0 Å². The molecule has 7 nitrogen and oxygen atoms in total. The lowest BCUT2D eigenvalue weighted by molar-refractivity contribution is -0.384. The van der Waals surface area contributed by atoms with Gasteiger partial charge >= 0.3 is 5.97 Å². The maximum absolute atomic E-state index is 11.2. The third kappa shape index (κ3) is 3.92. The third-order valence-electron chi connectivity index (χ3n) is 3.39. The molecule has 1 heterocycles. The molecule has 0 spiro atoms. The number of nitriles is 1. The van der Waals surface area contributed by atoms with Gasteiger partial charge in [0, 0.05) is 43.8 Å². The number of carbonyl (C=O) groups excluding carboxylic acids is 1. The monoisotopic (exact) mass is 289 g/mol. The summed E-state index contributed by atoms with van der Waals surface area (Å²) in [6, 6.07) is 8.17. The second-order valence-corrected chi connectivity index (χ2v) is 4.78. The first-order valence-corrected chi connectivity index (χ1v) is 6.66. The number of hydrogen-bond acceptors (Lipinski definition) is 6. The molecule has 1 saturated heterocycles. The molecule has 0 saturated carbocycles. The summed E-state index contributed by atoms with van der Waals surface area (Å²) in [4.78, 5) is 23.5. The quantitative estimate of drug-likeness (QED) is 0.478. The van der Waals surface area contributed by atoms with E-state index in [-0.39, 0.29) is 18.2 Å². The standard InChI is InChI=1S/C14H15N3O4/c15-8-5-14(18)21-13-6-9-16(10-7-13)11-1-3-12(4-2-11)17(19)20/h1-4,13H,5-7,9-10H2. The first kappa shape index (κ1) is 14.8. The van der Waals surface area contributed by atoms with E-state index < -0.39 is 10.9 Å². The van der Waals surface area contributed by atoms with Crippen molar-refractivity contribution in [1.29, 1.82) is 5.26 Å². The van der Waals surface area contributed by atoms with Crippen LogP contribution in [0.3, 0.4) is 0 Å². The van der Waals surface area contributed by atoms with E-state index >= 15 is 0 Å². The number of benzene rings is 1. The van der Waals surface area contributed by atoms with E-state index in [0.717, 1.165) is 5.69 Å². The van der Waals surface area contributed by atoms with E-state index in [4.69, 9.17) is 10.00 Å². The van der Waals surface area contributed by atoms with Gasteiger partial charge in [-0.1, -0.05) is 0 Å². The molecule has 0 unspecified atom stereocenters. The highest BCUT2D eigenvalue weighted by Gasteiger charge is 2.22. The van der Waals surface area contributed by atoms with Gasteiger partial charge < -0.3 is 9.64 Å². The maximum atomic E-state index is 11.2. The van der Waals surface area contributed by atoms with E-state index in [1.807, 2.05) is 0 Å². The predicted molar refractivity (Wildman–Crippen MR) is 74.7 cm³/mol. The van der Waals surface area contributed by atoms with Crippen molar-refractivity contribution in [2.24, 2.45) is 0 Å². The number of anilines is 1. The fraction of sp³-hybridized carbons (Fsp3) is 0.429. The van der Waals surface area contributed by atoms with Crippen LogP contribution in [-0.4, -0.2) is 30.1 Å². The minimum absolute atomic E-state index is 0.0686. The number of esters is 1. The van der Waals surface area contributed by atoms with Crippen LogP contribution in [-0.2, 0) is 9.53 Å². The van der Waals surface area contributed by atoms with E-state index in [1.54, 1.807) is 18.2 Å². The Morgan fingerprint density at radius 2 is 2.00 bits per heavy atom. The van der Waals surface area contributed by atoms with Gasteiger partial charge in [-0.3, -0.25) is 14.9 Å². The van der Waals surface area contributed by atoms with E-state index in [0.29, 0.717) is 25.9 Å². The van der Waals surface area contributed by atoms with Crippen LogP contribution in [0.5, 0.6) is 0 Å². The summed E-state index contributed by atoms with van der Waals surface area (Å²) in [6.45, 7) is 1.42. The Morgan fingerprint density at radius 3 is 2.52 bits per heavy atom. The van der Waals surface area contributed by atoms with Crippen LogP contribution in [0.4, 0.5) is 11.4 Å². The molecular formula is C14H15N3O4. The van der Waals surface area contributed by atoms with Gasteiger partial charge in [0.25, 0.3) is 5.69 Å². The van der Waals surface area contributed by atoms with Crippen LogP contribution in [0.15, 0.2) is 24.3 Å². The fourth-order valence-electron chi connectivity index (χ4n) is 2.31. The second-order valence-electron chi connectivity index (χ2n) is 4.78. The number of nitrogens with zero attached hydrogens (tertiary/aromatic N) is 3. The number of ether oxygens (including phenoxy) is 1. The molecule has 1 aromatic carbocycles. The Hall–Kier alpha value is -2.62. The highest BCUT2D eigenvalue weighted by atomic mass is 16.6. The zero-order valence-electron chi connectivity index (χ0n) is 11.4. The molecule has 0 aliphatic carbocycles. The molecule has 21 heavy (non-hydrogen) atoms. The molecule has 2 rings (SSSR count). The first-order chi connectivity index (χ1) is 10.1. The summed E-state index contributed by atoms with van der Waals surface area (Å²) >= 11 is 0. The molecule has 1 aliphatic rings. The van der Waals surface area contributed by atoms with Crippen LogP contribution in [0.1, 0.15) is 19.3 Å². The minimum Gasteiger partial charge on any atom is -0.461 e. The van der Waals surface area contributed by atoms with Gasteiger partial charge in [-0.15, -0.1) is 0 Å². The predicted octanol–water partition coefficient (Wildman–Crippen LogP) is 2.02. The van der Waals surface area contributed by atoms with Crippen molar-refractivity contribution in [3.63, 3.8) is 0 Å². The number of rotatable bonds is 4. The molecule has 1 aromatic rings. The molecule has 0 amide bonds. The summed E-state index contributed by atoms with van der Waals surface area (Å²) in [6.07, 6.45) is 1.00. The van der Waals surface area contributed by atoms with Gasteiger partial charge in [-0.25, -0.2) is 0 Å². The number of nitro groups is 1. The smallest absolute Gasteiger partial charge is 0.320 e. The van der Waals surface area contributed by atoms with Crippen LogP contribution < -0.4 is 4.90 Å². The van der Waals surface area contributed by atoms with Crippen molar-refractivity contribution < 1.29 is 14.5 Å². The molecule has 0 radical (unpaired) electrons. The van der Waals surface area contributed by atoms with Crippen molar-refractivity contribution >= 4 is 17.3 Å². The number of non-ortho nitro benzene ring substituents is 1. The zero-order chi connectivity index (χ0) is 15.2. The molecule has 1 aliphatic heterocycles. The molecule has 0 N–H and O–H groups in total. The van der Waals surface area contributed by atoms with Crippen molar-refractivity contribution in [2.75, 3.05) is 18.0 Å². The maximum Gasteiger partial charge on any atom is 0.320 e. The number of piperidine rings is 1. The molecule has 1 fully saturated rings. The van der Waals surface area contributed by atoms with Crippen LogP contribution in [0, 0.1) is 21.4 Å². The molecular weight excluding hydrogens is 274 g/mol. The van der Waals surface area contributed by atoms with Crippen LogP contribution in [0.25, 0.3) is 0 Å². The topological polar surface area (TPSA) is 96.5 Å². The summed E-state index contributed by atoms with van der Waals surface area (Å²) in [5.41, 5.74) is 0.987. The lowest BCUT2D eigenvalue weighted by atomic mass is 10.1. The highest BCUT2D eigenvalue weighted by Crippen LogP contribution is 2.23. The Morgan fingerprint density at radius 1 is 1.38 bits per heavy atom. The Balaban J connectivity index is 1.87. The molecule has 110 valence electrons. The average molecular weight is 289 g/mol. The first-order valence-electron chi connectivity index (χ1n) is 6.66. The van der Waals surface area contributed by atoms with Gasteiger partial charge in [-0.2, -0.15) is 5.26 Å². The third-order valence-corrected chi connectivity index (χ3v) is 3.39. The number of carbonyl (C=O) groups is 1. The Kier molecular flexibility index (Phi) is 4.72. The van der Waals surface area contributed by atoms with Crippen molar-refractivity contribution in [1.82, 2.24) is 0 Å². The second kappa shape index (κ2) is 6.70. The molecule has 0 atom stereocenters. The summed E-state index contributed by atoms with van der Waals surface area (Å²) in [5.74, 6) is -0.480. The molecule has 0 bridgehead atoms. The Labute approximate surface area is 121 Å². The summed E-state index contributed by atoms with van der Waals surface area (Å²) in [7, 11) is 0. The fourth-order valence-corrected chi connectivity index (χ4v) is 2.31. The van der Waals surface area contributed by atoms with Gasteiger partial charge in [-0.05, 0) is 12.1 Å². The Bertz CT molecular complexity index is 557. The minimum atomic E-state index is -0.480. The zero-order valence-corrected chi connectivity index (χ0v) is 11.4. The number of nitro benzene ring substituents is 1. The lowest BCUT2D eigenvalue weighted by Gasteiger charge is -2.33. The van der Waals surface area contributed by atoms with Crippen LogP contribution >= 0.6 is 0 Å².